The van der Waals surface area contributed by atoms with Crippen LogP contribution in [0.2, 0.25) is 0 Å². The fraction of sp³-hybridized carbons (Fsp3) is 0.778. The molecule has 1 unspecified atom stereocenters. The Morgan fingerprint density at radius 2 is 1.69 bits per heavy atom. The topological polar surface area (TPSA) is 152 Å². The van der Waals surface area contributed by atoms with Gasteiger partial charge in [-0.05, 0) is 80.1 Å². The van der Waals surface area contributed by atoms with Crippen LogP contribution in [0.15, 0.2) is 0 Å². The molecule has 2 aliphatic carbocycles. The number of carbonyl (C=O) groups is 4. The van der Waals surface area contributed by atoms with Gasteiger partial charge >= 0.3 is 6.09 Å². The van der Waals surface area contributed by atoms with Gasteiger partial charge in [0, 0.05) is 32.1 Å². The Morgan fingerprint density at radius 1 is 1.02 bits per heavy atom. The molecule has 2 saturated carbocycles. The van der Waals surface area contributed by atoms with Crippen molar-refractivity contribution in [2.24, 2.45) is 11.3 Å². The largest absolute Gasteiger partial charge is 0.444 e. The van der Waals surface area contributed by atoms with E-state index in [9.17, 15) is 24.3 Å². The summed E-state index contributed by atoms with van der Waals surface area (Å²) in [5.41, 5.74) is -2.13. The van der Waals surface area contributed by atoms with Crippen molar-refractivity contribution in [1.29, 1.82) is 0 Å². The second-order valence-electron chi connectivity index (χ2n) is 16.3. The molecule has 2 saturated heterocycles. The van der Waals surface area contributed by atoms with Crippen molar-refractivity contribution in [3.63, 3.8) is 0 Å². The van der Waals surface area contributed by atoms with Gasteiger partial charge in [-0.3, -0.25) is 19.3 Å². The first-order valence-electron chi connectivity index (χ1n) is 18.0. The number of fused-ring (bicyclic) bond motifs is 2. The fourth-order valence-electron chi connectivity index (χ4n) is 9.00. The standard InChI is InChI=1S/C36H53N5O8/c1-22(25-13-11-17-40(25)32(45)49-33(2,3)4)41-26(42)20-24-30(39(7)21-34(5,6)46)37-29(38-31(24)41)27(43)23-12-10-15-35(28(23)44)14-8-9-16-36(35)47-18-19-48-36/h22-23,25,46H,8-21H2,1-7H3/t22-,23?,25-,35-/m0/s1. The Labute approximate surface area is 289 Å². The number of ether oxygens (including phenoxy) is 3. The third-order valence-corrected chi connectivity index (χ3v) is 10.9. The van der Waals surface area contributed by atoms with Crippen LogP contribution in [0.4, 0.5) is 16.4 Å². The second kappa shape index (κ2) is 12.9. The highest BCUT2D eigenvalue weighted by molar-refractivity contribution is 6.12. The van der Waals surface area contributed by atoms with Crippen molar-refractivity contribution in [2.45, 2.75) is 135 Å². The summed E-state index contributed by atoms with van der Waals surface area (Å²) in [6.45, 7) is 12.2. The first-order valence-corrected chi connectivity index (χ1v) is 18.0. The van der Waals surface area contributed by atoms with Gasteiger partial charge in [0.1, 0.15) is 17.2 Å². The number of ketones is 2. The third-order valence-electron chi connectivity index (χ3n) is 10.9. The highest BCUT2D eigenvalue weighted by Gasteiger charge is 2.64. The molecule has 1 aromatic rings. The van der Waals surface area contributed by atoms with Crippen molar-refractivity contribution in [3.05, 3.63) is 11.4 Å². The van der Waals surface area contributed by atoms with E-state index >= 15 is 0 Å². The summed E-state index contributed by atoms with van der Waals surface area (Å²) < 4.78 is 18.1. The van der Waals surface area contributed by atoms with E-state index in [4.69, 9.17) is 24.2 Å². The summed E-state index contributed by atoms with van der Waals surface area (Å²) in [6, 6.07) is -0.808. The lowest BCUT2D eigenvalue weighted by molar-refractivity contribution is -0.255. The lowest BCUT2D eigenvalue weighted by atomic mass is 9.57. The van der Waals surface area contributed by atoms with Gasteiger partial charge in [0.25, 0.3) is 0 Å². The Bertz CT molecular complexity index is 1490. The summed E-state index contributed by atoms with van der Waals surface area (Å²) in [5, 5.41) is 10.7. The zero-order valence-corrected chi connectivity index (χ0v) is 30.2. The first kappa shape index (κ1) is 35.7. The molecule has 1 N–H and O–H groups in total. The van der Waals surface area contributed by atoms with Crippen molar-refractivity contribution in [3.8, 4) is 0 Å². The number of hydrogen-bond acceptors (Lipinski definition) is 11. The molecule has 0 bridgehead atoms. The molecule has 270 valence electrons. The molecule has 1 aromatic heterocycles. The highest BCUT2D eigenvalue weighted by atomic mass is 16.7. The normalized spacial score (nSPS) is 27.6. The SMILES string of the molecule is C[C@@H]([C@@H]1CCCN1C(=O)OC(C)(C)C)N1C(=O)Cc2c(N(C)CC(C)(C)O)nc(C(=O)C3CCC[C@@]4(CCCCC45OCCO5)C3=O)nc21. The smallest absolute Gasteiger partial charge is 0.410 e. The molecule has 0 aromatic carbocycles. The van der Waals surface area contributed by atoms with E-state index in [0.717, 1.165) is 19.3 Å². The Morgan fingerprint density at radius 3 is 2.37 bits per heavy atom. The molecule has 3 aliphatic heterocycles. The molecule has 5 aliphatic rings. The van der Waals surface area contributed by atoms with Crippen LogP contribution in [0.5, 0.6) is 0 Å². The lowest BCUT2D eigenvalue weighted by Gasteiger charge is -2.51. The van der Waals surface area contributed by atoms with Gasteiger partial charge < -0.3 is 29.1 Å². The number of hydrogen-bond donors (Lipinski definition) is 1. The van der Waals surface area contributed by atoms with Crippen LogP contribution in [0, 0.1) is 11.3 Å². The molecule has 13 nitrogen and oxygen atoms in total. The maximum atomic E-state index is 14.5. The predicted molar refractivity (Wildman–Crippen MR) is 180 cm³/mol. The van der Waals surface area contributed by atoms with Crippen molar-refractivity contribution >= 4 is 35.2 Å². The van der Waals surface area contributed by atoms with Crippen LogP contribution in [0.3, 0.4) is 0 Å². The summed E-state index contributed by atoms with van der Waals surface area (Å²) in [5.74, 6) is -2.30. The first-order chi connectivity index (χ1) is 23.0. The molecule has 49 heavy (non-hydrogen) atoms. The number of carbonyl (C=O) groups excluding carboxylic acids is 4. The Hall–Kier alpha value is -3.16. The number of likely N-dealkylation sites (N-methyl/N-ethyl adjacent to an activating group) is 1. The van der Waals surface area contributed by atoms with Crippen LogP contribution in [-0.4, -0.2) is 106 Å². The monoisotopic (exact) mass is 683 g/mol. The van der Waals surface area contributed by atoms with Crippen LogP contribution < -0.4 is 9.80 Å². The van der Waals surface area contributed by atoms with Gasteiger partial charge in [-0.1, -0.05) is 12.8 Å². The minimum atomic E-state index is -1.10. The molecule has 0 radical (unpaired) electrons. The van der Waals surface area contributed by atoms with E-state index in [0.29, 0.717) is 75.5 Å². The minimum Gasteiger partial charge on any atom is -0.444 e. The number of Topliss-reactive ketones (excluding diaryl/α,β-unsaturated/α-hetero) is 2. The minimum absolute atomic E-state index is 0.00149. The lowest BCUT2D eigenvalue weighted by Crippen LogP contribution is -2.60. The summed E-state index contributed by atoms with van der Waals surface area (Å²) >= 11 is 0. The van der Waals surface area contributed by atoms with E-state index in [-0.39, 0.29) is 36.5 Å². The zero-order valence-electron chi connectivity index (χ0n) is 30.2. The molecular weight excluding hydrogens is 630 g/mol. The number of anilines is 2. The van der Waals surface area contributed by atoms with E-state index in [2.05, 4.69) is 0 Å². The molecule has 4 atom stereocenters. The Kier molecular flexibility index (Phi) is 9.36. The third kappa shape index (κ3) is 6.46. The van der Waals surface area contributed by atoms with Crippen LogP contribution >= 0.6 is 0 Å². The molecule has 4 heterocycles. The molecule has 2 amide bonds. The van der Waals surface area contributed by atoms with Crippen molar-refractivity contribution < 1.29 is 38.5 Å². The zero-order chi connectivity index (χ0) is 35.5. The van der Waals surface area contributed by atoms with Crippen LogP contribution in [0.25, 0.3) is 0 Å². The van der Waals surface area contributed by atoms with E-state index < -0.39 is 46.2 Å². The quantitative estimate of drug-likeness (QED) is 0.325. The predicted octanol–water partition coefficient (Wildman–Crippen LogP) is 4.22. The fourth-order valence-corrected chi connectivity index (χ4v) is 9.00. The van der Waals surface area contributed by atoms with Gasteiger partial charge in [-0.15, -0.1) is 0 Å². The average molecular weight is 684 g/mol. The van der Waals surface area contributed by atoms with Gasteiger partial charge in [0.15, 0.2) is 11.6 Å². The second-order valence-corrected chi connectivity index (χ2v) is 16.3. The molecular formula is C36H53N5O8. The van der Waals surface area contributed by atoms with Gasteiger partial charge in [0.2, 0.25) is 17.5 Å². The van der Waals surface area contributed by atoms with E-state index in [1.165, 1.54) is 0 Å². The summed E-state index contributed by atoms with van der Waals surface area (Å²) in [6.07, 6.45) is 5.63. The summed E-state index contributed by atoms with van der Waals surface area (Å²) in [7, 11) is 1.76. The Balaban J connectivity index is 1.37. The molecule has 6 rings (SSSR count). The molecule has 4 fully saturated rings. The summed E-state index contributed by atoms with van der Waals surface area (Å²) in [4.78, 5) is 70.7. The maximum absolute atomic E-state index is 14.5. The van der Waals surface area contributed by atoms with Gasteiger partial charge in [-0.25, -0.2) is 14.8 Å². The number of nitrogens with zero attached hydrogens (tertiary/aromatic N) is 5. The van der Waals surface area contributed by atoms with Crippen LogP contribution in [-0.2, 0) is 30.2 Å². The average Bonchev–Trinajstić information content (AvgIpc) is 3.76. The number of amides is 2. The highest BCUT2D eigenvalue weighted by Crippen LogP contribution is 2.56. The van der Waals surface area contributed by atoms with E-state index in [1.54, 1.807) is 35.6 Å². The number of likely N-dealkylation sites (tertiary alicyclic amines) is 1. The van der Waals surface area contributed by atoms with Crippen molar-refractivity contribution in [2.75, 3.05) is 43.2 Å². The van der Waals surface area contributed by atoms with Crippen LogP contribution in [0.1, 0.15) is 116 Å². The van der Waals surface area contributed by atoms with Crippen molar-refractivity contribution in [1.82, 2.24) is 14.9 Å². The maximum Gasteiger partial charge on any atom is 0.410 e. The van der Waals surface area contributed by atoms with Gasteiger partial charge in [0.05, 0.1) is 48.7 Å². The molecule has 13 heteroatoms. The van der Waals surface area contributed by atoms with Gasteiger partial charge in [-0.2, -0.15) is 0 Å². The van der Waals surface area contributed by atoms with E-state index in [1.807, 2.05) is 27.7 Å². The number of aliphatic hydroxyl groups is 1. The number of rotatable bonds is 7. The number of aromatic nitrogens is 2. The molecule has 2 spiro atoms.